The Hall–Kier alpha value is -3.18. The lowest BCUT2D eigenvalue weighted by Gasteiger charge is -2.15. The van der Waals surface area contributed by atoms with Crippen molar-refractivity contribution in [2.24, 2.45) is 0 Å². The van der Waals surface area contributed by atoms with Crippen molar-refractivity contribution in [1.29, 1.82) is 0 Å². The lowest BCUT2D eigenvalue weighted by atomic mass is 10.1. The molecule has 11 heteroatoms. The SMILES string of the molecule is CCCC(=O)O.CN(CC(=O)O)S(=O)(=O)c1ccc2[nH]c(=O)c3[nH]ccc3c2c1. The van der Waals surface area contributed by atoms with Crippen molar-refractivity contribution >= 4 is 43.8 Å². The van der Waals surface area contributed by atoms with Crippen molar-refractivity contribution in [1.82, 2.24) is 14.3 Å². The van der Waals surface area contributed by atoms with Crippen LogP contribution in [0.1, 0.15) is 19.8 Å². The van der Waals surface area contributed by atoms with Crippen LogP contribution in [0.2, 0.25) is 0 Å². The molecule has 2 heterocycles. The van der Waals surface area contributed by atoms with E-state index in [1.165, 1.54) is 25.2 Å². The van der Waals surface area contributed by atoms with E-state index >= 15 is 0 Å². The Balaban J connectivity index is 0.000000438. The van der Waals surface area contributed by atoms with E-state index in [2.05, 4.69) is 9.97 Å². The van der Waals surface area contributed by atoms with Gasteiger partial charge in [-0.2, -0.15) is 4.31 Å². The van der Waals surface area contributed by atoms with Gasteiger partial charge < -0.3 is 20.2 Å². The molecule has 4 N–H and O–H groups in total. The maximum absolute atomic E-state index is 12.4. The molecule has 3 rings (SSSR count). The highest BCUT2D eigenvalue weighted by molar-refractivity contribution is 7.89. The second-order valence-corrected chi connectivity index (χ2v) is 8.27. The Morgan fingerprint density at radius 2 is 1.79 bits per heavy atom. The molecule has 156 valence electrons. The standard InChI is InChI=1S/C14H13N3O5S.C4H8O2/c1-17(7-12(18)19)23(21,22)8-2-3-11-10(6-8)9-4-5-15-13(9)14(20)16-11;1-2-3-4(5)6/h2-6,15H,7H2,1H3,(H,16,20)(H,18,19);2-3H2,1H3,(H,5,6). The zero-order valence-corrected chi connectivity index (χ0v) is 16.6. The minimum atomic E-state index is -3.94. The third kappa shape index (κ3) is 5.00. The average Bonchev–Trinajstić information content (AvgIpc) is 3.12. The first-order valence-electron chi connectivity index (χ1n) is 8.61. The van der Waals surface area contributed by atoms with Gasteiger partial charge in [-0.25, -0.2) is 8.42 Å². The molecule has 2 aromatic heterocycles. The van der Waals surface area contributed by atoms with E-state index < -0.39 is 28.5 Å². The van der Waals surface area contributed by atoms with Gasteiger partial charge in [0, 0.05) is 36.0 Å². The van der Waals surface area contributed by atoms with Crippen LogP contribution in [-0.2, 0) is 19.6 Å². The number of nitrogens with zero attached hydrogens (tertiary/aromatic N) is 1. The Kier molecular flexibility index (Phi) is 6.77. The highest BCUT2D eigenvalue weighted by Gasteiger charge is 2.23. The number of carboxylic acid groups (broad SMARTS) is 2. The molecule has 0 spiro atoms. The van der Waals surface area contributed by atoms with E-state index in [9.17, 15) is 22.8 Å². The molecule has 0 fully saturated rings. The molecule has 10 nitrogen and oxygen atoms in total. The third-order valence-electron chi connectivity index (χ3n) is 4.03. The molecule has 0 atom stereocenters. The molecular weight excluding hydrogens is 402 g/mol. The number of benzene rings is 1. The summed E-state index contributed by atoms with van der Waals surface area (Å²) in [5.74, 6) is -1.95. The van der Waals surface area contributed by atoms with Crippen molar-refractivity contribution in [3.05, 3.63) is 40.8 Å². The van der Waals surface area contributed by atoms with Crippen molar-refractivity contribution in [3.8, 4) is 0 Å². The smallest absolute Gasteiger partial charge is 0.318 e. The van der Waals surface area contributed by atoms with Crippen LogP contribution < -0.4 is 5.56 Å². The van der Waals surface area contributed by atoms with Crippen LogP contribution in [0.15, 0.2) is 40.2 Å². The minimum absolute atomic E-state index is 0.0386. The molecule has 0 aliphatic rings. The molecule has 1 aromatic carbocycles. The molecule has 0 amide bonds. The summed E-state index contributed by atoms with van der Waals surface area (Å²) in [5, 5.41) is 17.8. The van der Waals surface area contributed by atoms with Gasteiger partial charge in [-0.3, -0.25) is 14.4 Å². The van der Waals surface area contributed by atoms with E-state index in [0.717, 1.165) is 10.7 Å². The third-order valence-corrected chi connectivity index (χ3v) is 5.83. The zero-order chi connectivity index (χ0) is 21.8. The van der Waals surface area contributed by atoms with Crippen molar-refractivity contribution in [2.75, 3.05) is 13.6 Å². The summed E-state index contributed by atoms with van der Waals surface area (Å²) in [5.41, 5.74) is 0.559. The fourth-order valence-electron chi connectivity index (χ4n) is 2.65. The normalized spacial score (nSPS) is 11.4. The highest BCUT2D eigenvalue weighted by atomic mass is 32.2. The molecule has 29 heavy (non-hydrogen) atoms. The van der Waals surface area contributed by atoms with Gasteiger partial charge in [-0.1, -0.05) is 6.92 Å². The average molecular weight is 423 g/mol. The van der Waals surface area contributed by atoms with Gasteiger partial charge in [-0.15, -0.1) is 0 Å². The number of rotatable bonds is 6. The monoisotopic (exact) mass is 423 g/mol. The summed E-state index contributed by atoms with van der Waals surface area (Å²) in [7, 11) is -2.74. The summed E-state index contributed by atoms with van der Waals surface area (Å²) in [6.07, 6.45) is 2.62. The van der Waals surface area contributed by atoms with Gasteiger partial charge in [0.2, 0.25) is 10.0 Å². The Morgan fingerprint density at radius 3 is 2.34 bits per heavy atom. The van der Waals surface area contributed by atoms with Crippen LogP contribution >= 0.6 is 0 Å². The van der Waals surface area contributed by atoms with Gasteiger partial charge >= 0.3 is 11.9 Å². The van der Waals surface area contributed by atoms with E-state index in [0.29, 0.717) is 28.2 Å². The number of aromatic nitrogens is 2. The first-order valence-corrected chi connectivity index (χ1v) is 10.0. The second kappa shape index (κ2) is 8.88. The van der Waals surface area contributed by atoms with Crippen LogP contribution in [0.4, 0.5) is 0 Å². The summed E-state index contributed by atoms with van der Waals surface area (Å²) in [6.45, 7) is 1.21. The zero-order valence-electron chi connectivity index (χ0n) is 15.8. The van der Waals surface area contributed by atoms with Crippen LogP contribution in [0, 0.1) is 0 Å². The maximum atomic E-state index is 12.4. The fraction of sp³-hybridized carbons (Fsp3) is 0.278. The molecule has 0 saturated heterocycles. The Bertz CT molecular complexity index is 1210. The molecule has 0 aliphatic heterocycles. The van der Waals surface area contributed by atoms with Crippen LogP contribution in [0.25, 0.3) is 21.8 Å². The summed E-state index contributed by atoms with van der Waals surface area (Å²) in [4.78, 5) is 37.7. The van der Waals surface area contributed by atoms with Gasteiger partial charge in [0.1, 0.15) is 12.1 Å². The van der Waals surface area contributed by atoms with Crippen LogP contribution in [0.5, 0.6) is 0 Å². The lowest BCUT2D eigenvalue weighted by Crippen LogP contribution is -2.32. The lowest BCUT2D eigenvalue weighted by molar-refractivity contribution is -0.138. The molecule has 0 aliphatic carbocycles. The number of sulfonamides is 1. The summed E-state index contributed by atoms with van der Waals surface area (Å²) in [6, 6.07) is 5.94. The number of pyridine rings is 1. The number of hydrogen-bond acceptors (Lipinski definition) is 5. The minimum Gasteiger partial charge on any atom is -0.481 e. The number of aromatic amines is 2. The van der Waals surface area contributed by atoms with Crippen LogP contribution in [0.3, 0.4) is 0 Å². The first-order chi connectivity index (χ1) is 13.6. The number of carboxylic acids is 2. The van der Waals surface area contributed by atoms with Crippen molar-refractivity contribution in [2.45, 2.75) is 24.7 Å². The number of carbonyl (C=O) groups is 2. The predicted molar refractivity (Wildman–Crippen MR) is 106 cm³/mol. The van der Waals surface area contributed by atoms with E-state index in [1.807, 2.05) is 6.92 Å². The molecule has 0 unspecified atom stereocenters. The summed E-state index contributed by atoms with van der Waals surface area (Å²) < 4.78 is 25.6. The van der Waals surface area contributed by atoms with E-state index in [4.69, 9.17) is 10.2 Å². The number of aliphatic carboxylic acids is 2. The number of nitrogens with one attached hydrogen (secondary N) is 2. The van der Waals surface area contributed by atoms with Gasteiger partial charge in [-0.05, 0) is 30.7 Å². The summed E-state index contributed by atoms with van der Waals surface area (Å²) >= 11 is 0. The van der Waals surface area contributed by atoms with E-state index in [-0.39, 0.29) is 10.5 Å². The molecule has 0 radical (unpaired) electrons. The van der Waals surface area contributed by atoms with Gasteiger partial charge in [0.05, 0.1) is 4.90 Å². The van der Waals surface area contributed by atoms with E-state index in [1.54, 1.807) is 12.3 Å². The number of hydrogen-bond donors (Lipinski definition) is 4. The first kappa shape index (κ1) is 22.1. The highest BCUT2D eigenvalue weighted by Crippen LogP contribution is 2.24. The molecule has 3 aromatic rings. The molecular formula is C18H21N3O7S. The number of H-pyrrole nitrogens is 2. The van der Waals surface area contributed by atoms with Gasteiger partial charge in [0.15, 0.2) is 0 Å². The topological polar surface area (TPSA) is 161 Å². The Morgan fingerprint density at radius 1 is 1.10 bits per heavy atom. The molecule has 0 bridgehead atoms. The quantitative estimate of drug-likeness (QED) is 0.468. The largest absolute Gasteiger partial charge is 0.481 e. The number of fused-ring (bicyclic) bond motifs is 3. The molecule has 0 saturated carbocycles. The number of likely N-dealkylation sites (N-methyl/N-ethyl adjacent to an activating group) is 1. The van der Waals surface area contributed by atoms with Crippen LogP contribution in [-0.4, -0.2) is 58.4 Å². The fourth-order valence-corrected chi connectivity index (χ4v) is 3.80. The van der Waals surface area contributed by atoms with Gasteiger partial charge in [0.25, 0.3) is 5.56 Å². The Labute approximate surface area is 165 Å². The second-order valence-electron chi connectivity index (χ2n) is 6.23. The predicted octanol–water partition coefficient (Wildman–Crippen LogP) is 1.59. The van der Waals surface area contributed by atoms with Crippen molar-refractivity contribution < 1.29 is 28.2 Å². The van der Waals surface area contributed by atoms with Crippen molar-refractivity contribution in [3.63, 3.8) is 0 Å². The maximum Gasteiger partial charge on any atom is 0.318 e.